The molecule has 3 aromatic carbocycles. The molecule has 1 amide bonds. The Morgan fingerprint density at radius 3 is 2.60 bits per heavy atom. The SMILES string of the molecule is COc1cccc(NC(=O)CSC2=C(C#N)[C@@H](c3ccc(OCc4ccccc4)cc3)C3=C(CCCC3=O)N2)c1. The highest BCUT2D eigenvalue weighted by atomic mass is 32.2. The van der Waals surface area contributed by atoms with Gasteiger partial charge in [-0.05, 0) is 48.2 Å². The number of anilines is 1. The Balaban J connectivity index is 1.36. The summed E-state index contributed by atoms with van der Waals surface area (Å²) in [7, 11) is 1.57. The molecule has 2 N–H and O–H groups in total. The van der Waals surface area contributed by atoms with E-state index in [0.29, 0.717) is 52.8 Å². The van der Waals surface area contributed by atoms with Gasteiger partial charge in [0.2, 0.25) is 5.91 Å². The van der Waals surface area contributed by atoms with Crippen LogP contribution in [0.3, 0.4) is 0 Å². The van der Waals surface area contributed by atoms with Gasteiger partial charge in [-0.2, -0.15) is 5.26 Å². The lowest BCUT2D eigenvalue weighted by atomic mass is 9.77. The average molecular weight is 552 g/mol. The van der Waals surface area contributed by atoms with Crippen molar-refractivity contribution in [2.45, 2.75) is 31.8 Å². The number of hydrogen-bond donors (Lipinski definition) is 2. The highest BCUT2D eigenvalue weighted by Crippen LogP contribution is 2.44. The van der Waals surface area contributed by atoms with Crippen LogP contribution < -0.4 is 20.1 Å². The fourth-order valence-electron chi connectivity index (χ4n) is 4.90. The van der Waals surface area contributed by atoms with Gasteiger partial charge in [0, 0.05) is 29.4 Å². The summed E-state index contributed by atoms with van der Waals surface area (Å²) in [6, 6.07) is 27.0. The van der Waals surface area contributed by atoms with E-state index >= 15 is 0 Å². The molecule has 7 nitrogen and oxygen atoms in total. The summed E-state index contributed by atoms with van der Waals surface area (Å²) in [5.74, 6) is 0.796. The van der Waals surface area contributed by atoms with Crippen molar-refractivity contribution in [3.05, 3.63) is 112 Å². The van der Waals surface area contributed by atoms with Crippen molar-refractivity contribution in [1.29, 1.82) is 5.26 Å². The van der Waals surface area contributed by atoms with Crippen LogP contribution in [-0.4, -0.2) is 24.6 Å². The predicted octanol–water partition coefficient (Wildman–Crippen LogP) is 6.08. The number of nitrogens with zero attached hydrogens (tertiary/aromatic N) is 1. The van der Waals surface area contributed by atoms with Crippen molar-refractivity contribution < 1.29 is 19.1 Å². The molecule has 1 aliphatic carbocycles. The first-order chi connectivity index (χ1) is 19.6. The smallest absolute Gasteiger partial charge is 0.234 e. The van der Waals surface area contributed by atoms with Gasteiger partial charge in [0.05, 0.1) is 35.5 Å². The molecule has 0 bridgehead atoms. The minimum absolute atomic E-state index is 0.0516. The average Bonchev–Trinajstić information content (AvgIpc) is 2.99. The Bertz CT molecular complexity index is 1510. The van der Waals surface area contributed by atoms with Gasteiger partial charge in [0.15, 0.2) is 5.78 Å². The molecule has 2 aliphatic rings. The number of nitriles is 1. The van der Waals surface area contributed by atoms with Gasteiger partial charge in [0.1, 0.15) is 18.1 Å². The Morgan fingerprint density at radius 2 is 1.85 bits per heavy atom. The number of benzene rings is 3. The number of dihydropyridines is 1. The lowest BCUT2D eigenvalue weighted by Crippen LogP contribution is -2.31. The van der Waals surface area contributed by atoms with Crippen molar-refractivity contribution in [3.63, 3.8) is 0 Å². The minimum atomic E-state index is -0.499. The van der Waals surface area contributed by atoms with E-state index < -0.39 is 5.92 Å². The van der Waals surface area contributed by atoms with E-state index in [1.807, 2.05) is 54.6 Å². The van der Waals surface area contributed by atoms with Crippen molar-refractivity contribution in [2.75, 3.05) is 18.2 Å². The van der Waals surface area contributed by atoms with Crippen molar-refractivity contribution in [1.82, 2.24) is 5.32 Å². The number of thioether (sulfide) groups is 1. The Kier molecular flexibility index (Phi) is 8.53. The van der Waals surface area contributed by atoms with Crippen LogP contribution >= 0.6 is 11.8 Å². The Labute approximate surface area is 237 Å². The fraction of sp³-hybridized carbons (Fsp3) is 0.219. The van der Waals surface area contributed by atoms with Crippen LogP contribution in [0.2, 0.25) is 0 Å². The molecule has 202 valence electrons. The van der Waals surface area contributed by atoms with Gasteiger partial charge in [-0.3, -0.25) is 9.59 Å². The van der Waals surface area contributed by atoms with E-state index in [1.54, 1.807) is 31.4 Å². The van der Waals surface area contributed by atoms with E-state index in [2.05, 4.69) is 16.7 Å². The van der Waals surface area contributed by atoms with E-state index in [9.17, 15) is 14.9 Å². The molecular weight excluding hydrogens is 522 g/mol. The summed E-state index contributed by atoms with van der Waals surface area (Å²) >= 11 is 1.26. The van der Waals surface area contributed by atoms with E-state index in [-0.39, 0.29) is 17.4 Å². The first kappa shape index (κ1) is 27.1. The summed E-state index contributed by atoms with van der Waals surface area (Å²) in [5.41, 5.74) is 4.45. The standard InChI is InChI=1S/C32H29N3O4S/c1-38-25-10-5-9-23(17-25)34-29(37)20-40-32-26(18-33)30(31-27(35-32)11-6-12-28(31)36)22-13-15-24(16-14-22)39-19-21-7-3-2-4-8-21/h2-5,7-10,13-17,30,35H,6,11-12,19-20H2,1H3,(H,34,37)/t30-/m1/s1. The van der Waals surface area contributed by atoms with Crippen LogP contribution in [0.4, 0.5) is 5.69 Å². The van der Waals surface area contributed by atoms with Crippen molar-refractivity contribution in [2.24, 2.45) is 0 Å². The monoisotopic (exact) mass is 551 g/mol. The van der Waals surface area contributed by atoms with Gasteiger partial charge < -0.3 is 20.1 Å². The Morgan fingerprint density at radius 1 is 1.05 bits per heavy atom. The zero-order chi connectivity index (χ0) is 27.9. The highest BCUT2D eigenvalue weighted by molar-refractivity contribution is 8.03. The number of nitrogens with one attached hydrogen (secondary N) is 2. The molecular formula is C32H29N3O4S. The van der Waals surface area contributed by atoms with Gasteiger partial charge in [-0.15, -0.1) is 0 Å². The van der Waals surface area contributed by atoms with Crippen molar-refractivity contribution >= 4 is 29.1 Å². The number of ketones is 1. The summed E-state index contributed by atoms with van der Waals surface area (Å²) in [6.07, 6.45) is 1.92. The van der Waals surface area contributed by atoms with E-state index in [0.717, 1.165) is 23.2 Å². The van der Waals surface area contributed by atoms with Crippen LogP contribution in [0.1, 0.15) is 36.3 Å². The highest BCUT2D eigenvalue weighted by Gasteiger charge is 2.37. The number of carbonyl (C=O) groups is 2. The van der Waals surface area contributed by atoms with Crippen LogP contribution in [0.5, 0.6) is 11.5 Å². The van der Waals surface area contributed by atoms with Gasteiger partial charge in [0.25, 0.3) is 0 Å². The summed E-state index contributed by atoms with van der Waals surface area (Å²) in [4.78, 5) is 25.8. The van der Waals surface area contributed by atoms with Gasteiger partial charge in [-0.1, -0.05) is 60.3 Å². The quantitative estimate of drug-likeness (QED) is 0.333. The number of carbonyl (C=O) groups excluding carboxylic acids is 2. The maximum Gasteiger partial charge on any atom is 0.234 e. The zero-order valence-electron chi connectivity index (χ0n) is 22.1. The molecule has 0 radical (unpaired) electrons. The molecule has 0 unspecified atom stereocenters. The number of rotatable bonds is 9. The van der Waals surface area contributed by atoms with Crippen LogP contribution in [0.15, 0.2) is 101 Å². The third-order valence-electron chi connectivity index (χ3n) is 6.83. The Hall–Kier alpha value is -4.48. The molecule has 5 rings (SSSR count). The molecule has 0 saturated heterocycles. The van der Waals surface area contributed by atoms with E-state index in [1.165, 1.54) is 11.8 Å². The molecule has 8 heteroatoms. The normalized spacial score (nSPS) is 16.5. The maximum absolute atomic E-state index is 13.1. The number of methoxy groups -OCH3 is 1. The fourth-order valence-corrected chi connectivity index (χ4v) is 5.77. The van der Waals surface area contributed by atoms with Gasteiger partial charge >= 0.3 is 0 Å². The first-order valence-electron chi connectivity index (χ1n) is 13.1. The minimum Gasteiger partial charge on any atom is -0.497 e. The lowest BCUT2D eigenvalue weighted by Gasteiger charge is -2.33. The zero-order valence-corrected chi connectivity index (χ0v) is 22.9. The largest absolute Gasteiger partial charge is 0.497 e. The van der Waals surface area contributed by atoms with Crippen LogP contribution in [-0.2, 0) is 16.2 Å². The molecule has 0 spiro atoms. The number of amides is 1. The first-order valence-corrected chi connectivity index (χ1v) is 14.0. The molecule has 1 heterocycles. The molecule has 1 atom stereocenters. The lowest BCUT2D eigenvalue weighted by molar-refractivity contribution is -0.116. The number of ether oxygens (including phenoxy) is 2. The summed E-state index contributed by atoms with van der Waals surface area (Å²) < 4.78 is 11.2. The predicted molar refractivity (Wildman–Crippen MR) is 156 cm³/mol. The third-order valence-corrected chi connectivity index (χ3v) is 7.84. The van der Waals surface area contributed by atoms with Gasteiger partial charge in [-0.25, -0.2) is 0 Å². The van der Waals surface area contributed by atoms with Crippen LogP contribution in [0.25, 0.3) is 0 Å². The van der Waals surface area contributed by atoms with Crippen molar-refractivity contribution in [3.8, 4) is 17.6 Å². The summed E-state index contributed by atoms with van der Waals surface area (Å²) in [6.45, 7) is 0.448. The molecule has 1 aliphatic heterocycles. The topological polar surface area (TPSA) is 100 Å². The second-order valence-corrected chi connectivity index (χ2v) is 10.5. The number of hydrogen-bond acceptors (Lipinski definition) is 7. The molecule has 0 saturated carbocycles. The second-order valence-electron chi connectivity index (χ2n) is 9.49. The number of allylic oxidation sites excluding steroid dienone is 3. The number of Topliss-reactive ketones (excluding diaryl/α,β-unsaturated/α-hetero) is 1. The summed E-state index contributed by atoms with van der Waals surface area (Å²) in [5, 5.41) is 17.1. The third kappa shape index (κ3) is 6.22. The molecule has 3 aromatic rings. The van der Waals surface area contributed by atoms with Crippen LogP contribution in [0, 0.1) is 11.3 Å². The maximum atomic E-state index is 13.1. The second kappa shape index (κ2) is 12.6. The molecule has 40 heavy (non-hydrogen) atoms. The van der Waals surface area contributed by atoms with E-state index in [4.69, 9.17) is 9.47 Å². The molecule has 0 aromatic heterocycles. The molecule has 0 fully saturated rings.